The summed E-state index contributed by atoms with van der Waals surface area (Å²) in [4.78, 5) is 55.3. The zero-order chi connectivity index (χ0) is 32.6. The van der Waals surface area contributed by atoms with Gasteiger partial charge >= 0.3 is 11.9 Å². The molecule has 2 aromatic rings. The predicted molar refractivity (Wildman–Crippen MR) is 178 cm³/mol. The first-order valence-corrected chi connectivity index (χ1v) is 16.9. The van der Waals surface area contributed by atoms with Crippen LogP contribution in [0.4, 0.5) is 0 Å². The summed E-state index contributed by atoms with van der Waals surface area (Å²) in [6, 6.07) is -0.266. The SMILES string of the molecule is CC1=C([C@H]2CS2)C(=O)N[C@@H]1/C=c1/[nH]/c(=C\c2[nH]c(/C=C3\NC(=O)[C@H](C)[C@H]3CCS)c(C)c2CCC(=O)O)c(CCC(=O)O)c1C. The second-order valence-corrected chi connectivity index (χ2v) is 13.8. The third-order valence-corrected chi connectivity index (χ3v) is 10.4. The summed E-state index contributed by atoms with van der Waals surface area (Å²) in [6.07, 6.45) is 7.04. The van der Waals surface area contributed by atoms with E-state index >= 15 is 0 Å². The van der Waals surface area contributed by atoms with Crippen molar-refractivity contribution in [1.29, 1.82) is 0 Å². The van der Waals surface area contributed by atoms with Gasteiger partial charge in [-0.15, -0.1) is 0 Å². The largest absolute Gasteiger partial charge is 0.481 e. The predicted octanol–water partition coefficient (Wildman–Crippen LogP) is 2.58. The van der Waals surface area contributed by atoms with Crippen LogP contribution in [0.15, 0.2) is 16.8 Å². The minimum atomic E-state index is -0.909. The lowest BCUT2D eigenvalue weighted by atomic mass is 9.91. The fourth-order valence-electron chi connectivity index (χ4n) is 6.43. The summed E-state index contributed by atoms with van der Waals surface area (Å²) < 4.78 is 0. The molecule has 0 aromatic carbocycles. The Kier molecular flexibility index (Phi) is 9.74. The van der Waals surface area contributed by atoms with E-state index < -0.39 is 11.9 Å². The third kappa shape index (κ3) is 6.96. The summed E-state index contributed by atoms with van der Waals surface area (Å²) in [6.45, 7) is 7.76. The van der Waals surface area contributed by atoms with Crippen LogP contribution in [-0.2, 0) is 32.0 Å². The number of aromatic amines is 2. The first-order valence-electron chi connectivity index (χ1n) is 15.2. The number of H-pyrrole nitrogens is 2. The molecule has 240 valence electrons. The Morgan fingerprint density at radius 3 is 2.24 bits per heavy atom. The van der Waals surface area contributed by atoms with E-state index in [1.807, 2.05) is 45.9 Å². The molecule has 3 aliphatic rings. The van der Waals surface area contributed by atoms with Gasteiger partial charge in [0.05, 0.1) is 6.04 Å². The zero-order valence-corrected chi connectivity index (χ0v) is 27.6. The molecule has 45 heavy (non-hydrogen) atoms. The summed E-state index contributed by atoms with van der Waals surface area (Å²) >= 11 is 6.14. The van der Waals surface area contributed by atoms with Crippen molar-refractivity contribution in [1.82, 2.24) is 20.6 Å². The molecule has 0 bridgehead atoms. The number of carboxylic acids is 2. The van der Waals surface area contributed by atoms with Crippen molar-refractivity contribution in [3.63, 3.8) is 0 Å². The highest BCUT2D eigenvalue weighted by molar-refractivity contribution is 8.07. The van der Waals surface area contributed by atoms with Gasteiger partial charge in [-0.2, -0.15) is 24.4 Å². The summed E-state index contributed by atoms with van der Waals surface area (Å²) in [5, 5.41) is 26.8. The topological polar surface area (TPSA) is 164 Å². The number of carbonyl (C=O) groups is 4. The summed E-state index contributed by atoms with van der Waals surface area (Å²) in [5.74, 6) is -0.467. The van der Waals surface area contributed by atoms with Crippen LogP contribution in [-0.4, -0.2) is 66.7 Å². The van der Waals surface area contributed by atoms with Crippen molar-refractivity contribution in [2.75, 3.05) is 11.5 Å². The maximum absolute atomic E-state index is 12.7. The first-order chi connectivity index (χ1) is 21.4. The van der Waals surface area contributed by atoms with Crippen LogP contribution in [0.3, 0.4) is 0 Å². The molecule has 12 heteroatoms. The molecule has 2 saturated heterocycles. The van der Waals surface area contributed by atoms with Crippen molar-refractivity contribution in [3.05, 3.63) is 61.2 Å². The summed E-state index contributed by atoms with van der Waals surface area (Å²) in [7, 11) is 0. The number of aliphatic carboxylic acids is 2. The molecule has 0 unspecified atom stereocenters. The number of hydrogen-bond acceptors (Lipinski definition) is 6. The Balaban J connectivity index is 1.62. The van der Waals surface area contributed by atoms with E-state index in [4.69, 9.17) is 0 Å². The third-order valence-electron chi connectivity index (χ3n) is 9.20. The number of thioether (sulfide) groups is 1. The van der Waals surface area contributed by atoms with E-state index in [1.165, 1.54) is 0 Å². The number of hydrogen-bond donors (Lipinski definition) is 7. The fourth-order valence-corrected chi connectivity index (χ4v) is 7.43. The van der Waals surface area contributed by atoms with Gasteiger partial charge in [-0.25, -0.2) is 0 Å². The van der Waals surface area contributed by atoms with Crippen LogP contribution in [0.2, 0.25) is 0 Å². The maximum Gasteiger partial charge on any atom is 0.303 e. The van der Waals surface area contributed by atoms with Crippen molar-refractivity contribution in [2.45, 2.75) is 71.1 Å². The highest BCUT2D eigenvalue weighted by atomic mass is 32.2. The number of aromatic nitrogens is 2. The Morgan fingerprint density at radius 1 is 0.956 bits per heavy atom. The quantitative estimate of drug-likeness (QED) is 0.137. The lowest BCUT2D eigenvalue weighted by Gasteiger charge is -2.12. The second-order valence-electron chi connectivity index (χ2n) is 12.1. The van der Waals surface area contributed by atoms with E-state index in [9.17, 15) is 29.4 Å². The smallest absolute Gasteiger partial charge is 0.303 e. The highest BCUT2D eigenvalue weighted by Crippen LogP contribution is 2.40. The van der Waals surface area contributed by atoms with E-state index in [0.29, 0.717) is 24.3 Å². The van der Waals surface area contributed by atoms with Gasteiger partial charge in [0.25, 0.3) is 0 Å². The number of rotatable bonds is 12. The standard InChI is InChI=1S/C33H40N4O6S2/c1-15-19(5-7-29(38)39)25(34-22(15)11-24-18(4)31(28-14-45-28)33(43)36-24)13-26-20(6-8-30(40)41)16(2)23(35-26)12-27-21(9-10-44)17(3)32(42)37-27/h11-13,17,21,24,28,34-35,44H,5-10,14H2,1-4H3,(H,36,43)(H,37,42)(H,38,39)(H,40,41)/b22-11+,25-13-,27-12-/t17-,21-,24-,28-/m1/s1. The van der Waals surface area contributed by atoms with Crippen molar-refractivity contribution >= 4 is 66.4 Å². The monoisotopic (exact) mass is 652 g/mol. The Hall–Kier alpha value is -3.64. The van der Waals surface area contributed by atoms with Gasteiger partial charge in [-0.1, -0.05) is 6.92 Å². The molecule has 2 fully saturated rings. The molecule has 0 radical (unpaired) electrons. The fraction of sp³-hybridized carbons (Fsp3) is 0.455. The van der Waals surface area contributed by atoms with Crippen LogP contribution in [0.1, 0.15) is 66.8 Å². The van der Waals surface area contributed by atoms with Crippen molar-refractivity contribution in [2.24, 2.45) is 11.8 Å². The lowest BCUT2D eigenvalue weighted by Crippen LogP contribution is -2.29. The van der Waals surface area contributed by atoms with E-state index in [0.717, 1.165) is 67.7 Å². The molecule has 3 aliphatic heterocycles. The van der Waals surface area contributed by atoms with Crippen LogP contribution < -0.4 is 21.3 Å². The Bertz CT molecular complexity index is 1750. The van der Waals surface area contributed by atoms with Gasteiger partial charge in [0.15, 0.2) is 0 Å². The normalized spacial score (nSPS) is 24.6. The molecule has 4 atom stereocenters. The van der Waals surface area contributed by atoms with Crippen LogP contribution >= 0.6 is 24.4 Å². The molecule has 5 rings (SSSR count). The van der Waals surface area contributed by atoms with Crippen molar-refractivity contribution in [3.8, 4) is 0 Å². The highest BCUT2D eigenvalue weighted by Gasteiger charge is 2.39. The van der Waals surface area contributed by atoms with Gasteiger partial charge in [0, 0.05) is 69.0 Å². The van der Waals surface area contributed by atoms with Crippen LogP contribution in [0, 0.1) is 25.7 Å². The minimum Gasteiger partial charge on any atom is -0.481 e. The second kappa shape index (κ2) is 13.4. The minimum absolute atomic E-state index is 0.00646. The number of carboxylic acid groups (broad SMARTS) is 2. The molecule has 0 saturated carbocycles. The van der Waals surface area contributed by atoms with Gasteiger partial charge < -0.3 is 30.8 Å². The zero-order valence-electron chi connectivity index (χ0n) is 25.9. The molecule has 0 spiro atoms. The number of amides is 2. The van der Waals surface area contributed by atoms with Gasteiger partial charge in [0.2, 0.25) is 11.8 Å². The van der Waals surface area contributed by atoms with Gasteiger partial charge in [0.1, 0.15) is 0 Å². The molecule has 5 heterocycles. The number of nitrogens with one attached hydrogen (secondary N) is 4. The average molecular weight is 653 g/mol. The van der Waals surface area contributed by atoms with E-state index in [-0.39, 0.29) is 47.8 Å². The van der Waals surface area contributed by atoms with Crippen LogP contribution in [0.25, 0.3) is 18.2 Å². The van der Waals surface area contributed by atoms with Crippen molar-refractivity contribution < 1.29 is 29.4 Å². The molecule has 0 aliphatic carbocycles. The van der Waals surface area contributed by atoms with E-state index in [2.05, 4.69) is 33.2 Å². The molecule has 6 N–H and O–H groups in total. The molecule has 2 aromatic heterocycles. The summed E-state index contributed by atoms with van der Waals surface area (Å²) in [5.41, 5.74) is 7.60. The number of thiol groups is 1. The Morgan fingerprint density at radius 2 is 1.62 bits per heavy atom. The van der Waals surface area contributed by atoms with Gasteiger partial charge in [-0.05, 0) is 91.8 Å². The molecular weight excluding hydrogens is 613 g/mol. The average Bonchev–Trinajstić information content (AvgIpc) is 3.56. The lowest BCUT2D eigenvalue weighted by molar-refractivity contribution is -0.138. The van der Waals surface area contributed by atoms with Crippen LogP contribution in [0.5, 0.6) is 0 Å². The van der Waals surface area contributed by atoms with E-state index in [1.54, 1.807) is 11.8 Å². The molecular formula is C33H40N4O6S2. The molecule has 2 amide bonds. The first kappa shape index (κ1) is 32.7. The number of carbonyl (C=O) groups excluding carboxylic acids is 2. The number of allylic oxidation sites excluding steroid dienone is 1. The maximum atomic E-state index is 12.7. The Labute approximate surface area is 271 Å². The molecule has 10 nitrogen and oxygen atoms in total. The van der Waals surface area contributed by atoms with Gasteiger partial charge in [-0.3, -0.25) is 19.2 Å².